The number of aryl methyl sites for hydroxylation is 1. The summed E-state index contributed by atoms with van der Waals surface area (Å²) < 4.78 is 0. The molecule has 2 aromatic rings. The van der Waals surface area contributed by atoms with E-state index in [1.165, 1.54) is 22.7 Å². The Labute approximate surface area is 137 Å². The number of benzene rings is 1. The van der Waals surface area contributed by atoms with Crippen molar-refractivity contribution in [1.29, 1.82) is 0 Å². The second-order valence-corrected chi connectivity index (χ2v) is 6.71. The maximum Gasteiger partial charge on any atom is 0.282 e. The summed E-state index contributed by atoms with van der Waals surface area (Å²) >= 11 is 3.03. The lowest BCUT2D eigenvalue weighted by Crippen LogP contribution is -2.26. The maximum atomic E-state index is 12.6. The number of thiophene rings is 1. The fourth-order valence-electron chi connectivity index (χ4n) is 2.03. The largest absolute Gasteiger partial charge is 0.336 e. The van der Waals surface area contributed by atoms with Crippen molar-refractivity contribution in [2.75, 3.05) is 13.3 Å². The van der Waals surface area contributed by atoms with Gasteiger partial charge in [0.1, 0.15) is 5.56 Å². The van der Waals surface area contributed by atoms with Crippen LogP contribution in [-0.4, -0.2) is 29.0 Å². The number of rotatable bonds is 5. The van der Waals surface area contributed by atoms with Gasteiger partial charge in [-0.2, -0.15) is 0 Å². The van der Waals surface area contributed by atoms with E-state index in [-0.39, 0.29) is 17.2 Å². The van der Waals surface area contributed by atoms with Crippen molar-refractivity contribution in [2.45, 2.75) is 18.4 Å². The Morgan fingerprint density at radius 1 is 1.41 bits per heavy atom. The second-order valence-electron chi connectivity index (χ2n) is 4.83. The molecule has 0 aliphatic heterocycles. The van der Waals surface area contributed by atoms with E-state index in [0.717, 1.165) is 15.3 Å². The van der Waals surface area contributed by atoms with Crippen LogP contribution < -0.4 is 0 Å². The molecule has 1 aromatic heterocycles. The molecule has 0 fully saturated rings. The van der Waals surface area contributed by atoms with E-state index in [4.69, 9.17) is 0 Å². The number of amides is 1. The lowest BCUT2D eigenvalue weighted by Gasteiger charge is -2.17. The monoisotopic (exact) mass is 336 g/mol. The van der Waals surface area contributed by atoms with Crippen molar-refractivity contribution in [3.63, 3.8) is 0 Å². The Kier molecular flexibility index (Phi) is 5.20. The smallest absolute Gasteiger partial charge is 0.282 e. The highest BCUT2D eigenvalue weighted by Gasteiger charge is 2.23. The molecular formula is C15H16N2O3S2. The SMILES string of the molecule is CSc1ccc([N+](=O)[O-])c(C(=O)N(C)Cc2sccc2C)c1. The van der Waals surface area contributed by atoms with Crippen LogP contribution in [0.15, 0.2) is 34.5 Å². The summed E-state index contributed by atoms with van der Waals surface area (Å²) in [7, 11) is 1.66. The Balaban J connectivity index is 2.31. The van der Waals surface area contributed by atoms with Crippen molar-refractivity contribution in [2.24, 2.45) is 0 Å². The molecule has 0 aliphatic rings. The van der Waals surface area contributed by atoms with Crippen LogP contribution in [0.3, 0.4) is 0 Å². The van der Waals surface area contributed by atoms with Gasteiger partial charge >= 0.3 is 0 Å². The van der Waals surface area contributed by atoms with Crippen LogP contribution in [0.5, 0.6) is 0 Å². The first-order valence-electron chi connectivity index (χ1n) is 6.55. The molecule has 0 spiro atoms. The minimum atomic E-state index is -0.512. The average molecular weight is 336 g/mol. The number of hydrogen-bond acceptors (Lipinski definition) is 5. The molecule has 1 amide bonds. The zero-order chi connectivity index (χ0) is 16.3. The minimum Gasteiger partial charge on any atom is -0.336 e. The van der Waals surface area contributed by atoms with Gasteiger partial charge in [-0.25, -0.2) is 0 Å². The summed E-state index contributed by atoms with van der Waals surface area (Å²) in [5.74, 6) is -0.338. The Morgan fingerprint density at radius 3 is 2.68 bits per heavy atom. The van der Waals surface area contributed by atoms with Crippen LogP contribution in [0.1, 0.15) is 20.8 Å². The van der Waals surface area contributed by atoms with E-state index in [1.807, 2.05) is 24.6 Å². The van der Waals surface area contributed by atoms with Gasteiger partial charge in [0.05, 0.1) is 11.5 Å². The van der Waals surface area contributed by atoms with Gasteiger partial charge in [-0.3, -0.25) is 14.9 Å². The van der Waals surface area contributed by atoms with E-state index < -0.39 is 4.92 Å². The molecule has 0 atom stereocenters. The second kappa shape index (κ2) is 6.93. The molecule has 22 heavy (non-hydrogen) atoms. The molecule has 2 rings (SSSR count). The molecular weight excluding hydrogens is 320 g/mol. The fraction of sp³-hybridized carbons (Fsp3) is 0.267. The van der Waals surface area contributed by atoms with Crippen LogP contribution in [0.4, 0.5) is 5.69 Å². The standard InChI is InChI=1S/C15H16N2O3S2/c1-10-6-7-22-14(10)9-16(2)15(18)12-8-11(21-3)4-5-13(12)17(19)20/h4-8H,9H2,1-3H3. The van der Waals surface area contributed by atoms with Crippen LogP contribution in [-0.2, 0) is 6.54 Å². The van der Waals surface area contributed by atoms with Crippen LogP contribution in [0.2, 0.25) is 0 Å². The highest BCUT2D eigenvalue weighted by atomic mass is 32.2. The van der Waals surface area contributed by atoms with Gasteiger partial charge < -0.3 is 4.90 Å². The van der Waals surface area contributed by atoms with Gasteiger partial charge in [-0.1, -0.05) is 0 Å². The summed E-state index contributed by atoms with van der Waals surface area (Å²) in [5, 5.41) is 13.1. The summed E-state index contributed by atoms with van der Waals surface area (Å²) in [6.07, 6.45) is 1.87. The third-order valence-corrected chi connectivity index (χ3v) is 5.06. The number of carbonyl (C=O) groups is 1. The molecule has 1 heterocycles. The lowest BCUT2D eigenvalue weighted by atomic mass is 10.1. The maximum absolute atomic E-state index is 12.6. The van der Waals surface area contributed by atoms with E-state index in [0.29, 0.717) is 6.54 Å². The van der Waals surface area contributed by atoms with Crippen molar-refractivity contribution in [1.82, 2.24) is 4.90 Å². The Hall–Kier alpha value is -1.86. The fourth-order valence-corrected chi connectivity index (χ4v) is 3.43. The molecule has 7 heteroatoms. The first-order chi connectivity index (χ1) is 10.4. The predicted molar refractivity (Wildman–Crippen MR) is 89.7 cm³/mol. The van der Waals surface area contributed by atoms with E-state index >= 15 is 0 Å². The van der Waals surface area contributed by atoms with Crippen LogP contribution >= 0.6 is 23.1 Å². The molecule has 0 saturated heterocycles. The van der Waals surface area contributed by atoms with Gasteiger partial charge in [0.25, 0.3) is 11.6 Å². The summed E-state index contributed by atoms with van der Waals surface area (Å²) in [6.45, 7) is 2.43. The van der Waals surface area contributed by atoms with E-state index in [1.54, 1.807) is 30.5 Å². The van der Waals surface area contributed by atoms with E-state index in [9.17, 15) is 14.9 Å². The number of thioether (sulfide) groups is 1. The molecule has 5 nitrogen and oxygen atoms in total. The molecule has 0 N–H and O–H groups in total. The predicted octanol–water partition coefficient (Wildman–Crippen LogP) is 3.96. The first-order valence-corrected chi connectivity index (χ1v) is 8.65. The molecule has 0 bridgehead atoms. The molecule has 0 unspecified atom stereocenters. The van der Waals surface area contributed by atoms with Crippen molar-refractivity contribution in [3.8, 4) is 0 Å². The van der Waals surface area contributed by atoms with Gasteiger partial charge in [0.2, 0.25) is 0 Å². The molecule has 0 saturated carbocycles. The molecule has 0 aliphatic carbocycles. The summed E-state index contributed by atoms with van der Waals surface area (Å²) in [6, 6.07) is 6.63. The lowest BCUT2D eigenvalue weighted by molar-refractivity contribution is -0.385. The normalized spacial score (nSPS) is 10.5. The topological polar surface area (TPSA) is 63.5 Å². The van der Waals surface area contributed by atoms with Gasteiger partial charge in [0.15, 0.2) is 0 Å². The molecule has 116 valence electrons. The average Bonchev–Trinajstić information content (AvgIpc) is 2.90. The number of nitrogens with zero attached hydrogens (tertiary/aromatic N) is 2. The number of carbonyl (C=O) groups excluding carboxylic acids is 1. The quantitative estimate of drug-likeness (QED) is 0.471. The molecule has 0 radical (unpaired) electrons. The van der Waals surface area contributed by atoms with Crippen molar-refractivity contribution < 1.29 is 9.72 Å². The summed E-state index contributed by atoms with van der Waals surface area (Å²) in [5.41, 5.74) is 1.10. The van der Waals surface area contributed by atoms with Crippen LogP contribution in [0, 0.1) is 17.0 Å². The highest BCUT2D eigenvalue weighted by Crippen LogP contribution is 2.26. The van der Waals surface area contributed by atoms with Gasteiger partial charge in [0, 0.05) is 22.9 Å². The minimum absolute atomic E-state index is 0.133. The van der Waals surface area contributed by atoms with Crippen molar-refractivity contribution >= 4 is 34.7 Å². The van der Waals surface area contributed by atoms with E-state index in [2.05, 4.69) is 0 Å². The highest BCUT2D eigenvalue weighted by molar-refractivity contribution is 7.98. The Bertz CT molecular complexity index is 713. The number of nitro groups is 1. The number of hydrogen-bond donors (Lipinski definition) is 0. The third kappa shape index (κ3) is 3.48. The Morgan fingerprint density at radius 2 is 2.14 bits per heavy atom. The van der Waals surface area contributed by atoms with Gasteiger partial charge in [-0.05, 0) is 42.3 Å². The number of nitro benzene ring substituents is 1. The van der Waals surface area contributed by atoms with Gasteiger partial charge in [-0.15, -0.1) is 23.1 Å². The van der Waals surface area contributed by atoms with Crippen LogP contribution in [0.25, 0.3) is 0 Å². The zero-order valence-corrected chi connectivity index (χ0v) is 14.2. The zero-order valence-electron chi connectivity index (χ0n) is 12.5. The first kappa shape index (κ1) is 16.5. The third-order valence-electron chi connectivity index (χ3n) is 3.33. The van der Waals surface area contributed by atoms with Crippen molar-refractivity contribution in [3.05, 3.63) is 55.8 Å². The summed E-state index contributed by atoms with van der Waals surface area (Å²) in [4.78, 5) is 26.7. The molecule has 1 aromatic carbocycles.